The average Bonchev–Trinajstić information content (AvgIpc) is 2.92. The Morgan fingerprint density at radius 2 is 1.94 bits per heavy atom. The summed E-state index contributed by atoms with van der Waals surface area (Å²) >= 11 is 0. The maximum Gasteiger partial charge on any atom is 1.00 e. The number of Topliss-reactive ketones (excluding diaryl/α,β-unsaturated/α-hetero) is 1. The Kier molecular flexibility index (Phi) is 6.97. The second-order valence-electron chi connectivity index (χ2n) is 10.1. The zero-order chi connectivity index (χ0) is 22.1. The van der Waals surface area contributed by atoms with Crippen LogP contribution >= 0.6 is 7.82 Å². The van der Waals surface area contributed by atoms with Crippen LogP contribution in [0.4, 0.5) is 0 Å². The first-order chi connectivity index (χ1) is 13.9. The molecule has 31 heavy (non-hydrogen) atoms. The van der Waals surface area contributed by atoms with E-state index in [9.17, 15) is 34.2 Å². The van der Waals surface area contributed by atoms with Gasteiger partial charge in [0, 0.05) is 11.8 Å². The van der Waals surface area contributed by atoms with Crippen molar-refractivity contribution in [3.05, 3.63) is 11.6 Å². The summed E-state index contributed by atoms with van der Waals surface area (Å²) in [5.41, 5.74) is -2.04. The molecule has 170 valence electrons. The van der Waals surface area contributed by atoms with Crippen molar-refractivity contribution in [2.24, 2.45) is 28.6 Å². The van der Waals surface area contributed by atoms with Crippen molar-refractivity contribution >= 4 is 19.4 Å². The Balaban J connectivity index is 0.00000181. The van der Waals surface area contributed by atoms with E-state index in [1.54, 1.807) is 13.0 Å². The van der Waals surface area contributed by atoms with Gasteiger partial charge in [0.05, 0.1) is 6.10 Å². The van der Waals surface area contributed by atoms with Gasteiger partial charge < -0.3 is 21.4 Å². The van der Waals surface area contributed by atoms with Gasteiger partial charge in [0.1, 0.15) is 12.2 Å². The second kappa shape index (κ2) is 8.40. The van der Waals surface area contributed by atoms with Gasteiger partial charge in [-0.3, -0.25) is 14.1 Å². The monoisotopic (exact) mass is 466 g/mol. The summed E-state index contributed by atoms with van der Waals surface area (Å²) in [4.78, 5) is 43.9. The predicted octanol–water partition coefficient (Wildman–Crippen LogP) is -0.985. The Morgan fingerprint density at radius 3 is 2.55 bits per heavy atom. The number of ketones is 2. The molecule has 4 aliphatic rings. The summed E-state index contributed by atoms with van der Waals surface area (Å²) in [6.07, 6.45) is 4.34. The molecule has 7 atom stereocenters. The number of hydrogen-bond acceptors (Lipinski definition) is 6. The van der Waals surface area contributed by atoms with Crippen molar-refractivity contribution < 1.29 is 69.7 Å². The molecule has 0 heterocycles. The second-order valence-corrected chi connectivity index (χ2v) is 11.3. The fraction of sp³-hybridized carbons (Fsp3) is 0.810. The standard InChI is InChI=1S/C21H31O8P.Na.H/c1-19-7-5-13(23)9-12(19)3-4-14-15-6-8-21(17(25)11-22,29-30(26,27)28)20(15,2)10-16(24)18(14)19;;/h9,14-16,18,22,24H,3-8,10-11H2,1-2H3,(H2,26,27,28);;/q;+1;-1/t14-,15-,16-,18+,19-,20-,21-;;/m0../s1. The molecule has 10 heteroatoms. The van der Waals surface area contributed by atoms with Crippen LogP contribution in [0, 0.1) is 28.6 Å². The van der Waals surface area contributed by atoms with Crippen molar-refractivity contribution in [1.29, 1.82) is 0 Å². The van der Waals surface area contributed by atoms with Crippen molar-refractivity contribution in [3.8, 4) is 0 Å². The van der Waals surface area contributed by atoms with Crippen LogP contribution < -0.4 is 29.6 Å². The van der Waals surface area contributed by atoms with Gasteiger partial charge >= 0.3 is 37.4 Å². The minimum absolute atomic E-state index is 0. The molecular weight excluding hydrogens is 434 g/mol. The average molecular weight is 466 g/mol. The number of phosphoric acid groups is 1. The number of phosphoric ester groups is 1. The zero-order valence-electron chi connectivity index (χ0n) is 19.4. The fourth-order valence-electron chi connectivity index (χ4n) is 7.66. The topological polar surface area (TPSA) is 141 Å². The quantitative estimate of drug-likeness (QED) is 0.306. The number of aliphatic hydroxyl groups is 2. The van der Waals surface area contributed by atoms with E-state index in [2.05, 4.69) is 6.92 Å². The van der Waals surface area contributed by atoms with Crippen LogP contribution in [0.1, 0.15) is 60.2 Å². The number of carbonyl (C=O) groups excluding carboxylic acids is 2. The van der Waals surface area contributed by atoms with Gasteiger partial charge in [0.25, 0.3) is 0 Å². The van der Waals surface area contributed by atoms with Gasteiger partial charge in [0.15, 0.2) is 11.6 Å². The first kappa shape index (κ1) is 25.7. The third-order valence-electron chi connectivity index (χ3n) is 8.89. The fourth-order valence-corrected chi connectivity index (χ4v) is 8.47. The molecule has 3 fully saturated rings. The molecule has 0 unspecified atom stereocenters. The molecule has 0 radical (unpaired) electrons. The minimum Gasteiger partial charge on any atom is -1.00 e. The van der Waals surface area contributed by atoms with E-state index in [1.807, 2.05) is 0 Å². The minimum atomic E-state index is -5.01. The van der Waals surface area contributed by atoms with Crippen LogP contribution in [0.3, 0.4) is 0 Å². The zero-order valence-corrected chi connectivity index (χ0v) is 21.3. The summed E-state index contributed by atoms with van der Waals surface area (Å²) in [6.45, 7) is 3.01. The van der Waals surface area contributed by atoms with Crippen LogP contribution in [-0.2, 0) is 18.7 Å². The normalized spacial score (nSPS) is 44.5. The third-order valence-corrected chi connectivity index (χ3v) is 9.43. The number of fused-ring (bicyclic) bond motifs is 5. The maximum absolute atomic E-state index is 12.8. The van der Waals surface area contributed by atoms with E-state index in [1.165, 1.54) is 0 Å². The summed E-state index contributed by atoms with van der Waals surface area (Å²) < 4.78 is 17.0. The van der Waals surface area contributed by atoms with Gasteiger partial charge in [-0.05, 0) is 67.8 Å². The summed E-state index contributed by atoms with van der Waals surface area (Å²) in [5, 5.41) is 20.9. The molecule has 0 spiro atoms. The van der Waals surface area contributed by atoms with E-state index in [-0.39, 0.29) is 72.8 Å². The Labute approximate surface area is 205 Å². The SMILES string of the molecule is C[C@]12CCC(=O)C=C1CC[C@@H]1[C@@H]2[C@@H](O)C[C@@]2(C)[C@H]1CC[C@]2(OP(=O)(O)O)C(=O)CO.[H-].[Na+]. The smallest absolute Gasteiger partial charge is 1.00 e. The molecule has 4 rings (SSSR count). The van der Waals surface area contributed by atoms with E-state index in [0.29, 0.717) is 19.3 Å². The summed E-state index contributed by atoms with van der Waals surface area (Å²) in [5.74, 6) is -0.738. The molecular formula is C21H32NaO8P. The number of rotatable bonds is 4. The van der Waals surface area contributed by atoms with Crippen LogP contribution in [0.2, 0.25) is 0 Å². The molecule has 0 saturated heterocycles. The Morgan fingerprint density at radius 1 is 1.26 bits per heavy atom. The predicted molar refractivity (Wildman–Crippen MR) is 107 cm³/mol. The van der Waals surface area contributed by atoms with Crippen molar-refractivity contribution in [1.82, 2.24) is 0 Å². The summed E-state index contributed by atoms with van der Waals surface area (Å²) in [6, 6.07) is 0. The van der Waals surface area contributed by atoms with Crippen molar-refractivity contribution in [2.75, 3.05) is 6.61 Å². The van der Waals surface area contributed by atoms with Crippen molar-refractivity contribution in [2.45, 2.75) is 70.5 Å². The van der Waals surface area contributed by atoms with E-state index < -0.39 is 37.3 Å². The molecule has 4 aliphatic carbocycles. The largest absolute Gasteiger partial charge is 1.00 e. The number of allylic oxidation sites excluding steroid dienone is 1. The Hall–Kier alpha value is 0.110. The van der Waals surface area contributed by atoms with Gasteiger partial charge in [-0.1, -0.05) is 19.4 Å². The first-order valence-electron chi connectivity index (χ1n) is 10.7. The van der Waals surface area contributed by atoms with Crippen LogP contribution in [0.15, 0.2) is 11.6 Å². The van der Waals surface area contributed by atoms with Crippen LogP contribution in [0.25, 0.3) is 0 Å². The number of carbonyl (C=O) groups is 2. The summed E-state index contributed by atoms with van der Waals surface area (Å²) in [7, 11) is -5.01. The first-order valence-corrected chi connectivity index (χ1v) is 12.2. The number of hydrogen-bond donors (Lipinski definition) is 4. The van der Waals surface area contributed by atoms with Gasteiger partial charge in [-0.25, -0.2) is 4.57 Å². The van der Waals surface area contributed by atoms with E-state index in [4.69, 9.17) is 4.52 Å². The van der Waals surface area contributed by atoms with E-state index in [0.717, 1.165) is 18.4 Å². The van der Waals surface area contributed by atoms with Gasteiger partial charge in [-0.15, -0.1) is 0 Å². The third kappa shape index (κ3) is 3.80. The molecule has 0 aromatic heterocycles. The molecule has 0 aromatic carbocycles. The Bertz CT molecular complexity index is 861. The molecule has 4 N–H and O–H groups in total. The molecule has 8 nitrogen and oxygen atoms in total. The van der Waals surface area contributed by atoms with Crippen molar-refractivity contribution in [3.63, 3.8) is 0 Å². The van der Waals surface area contributed by atoms with Crippen LogP contribution in [-0.4, -0.2) is 49.9 Å². The van der Waals surface area contributed by atoms with E-state index >= 15 is 0 Å². The van der Waals surface area contributed by atoms with Gasteiger partial charge in [-0.2, -0.15) is 0 Å². The number of aliphatic hydroxyl groups excluding tert-OH is 2. The van der Waals surface area contributed by atoms with Gasteiger partial charge in [0.2, 0.25) is 0 Å². The molecule has 0 aliphatic heterocycles. The molecule has 0 aromatic rings. The van der Waals surface area contributed by atoms with Crippen LogP contribution in [0.5, 0.6) is 0 Å². The molecule has 3 saturated carbocycles. The molecule has 0 bridgehead atoms. The molecule has 0 amide bonds. The maximum atomic E-state index is 12.8.